The fraction of sp³-hybridized carbons (Fsp3) is 0.600. The van der Waals surface area contributed by atoms with Gasteiger partial charge in [0.15, 0.2) is 0 Å². The van der Waals surface area contributed by atoms with Crippen LogP contribution in [0, 0.1) is 5.92 Å². The average Bonchev–Trinajstić information content (AvgIpc) is 3.12. The van der Waals surface area contributed by atoms with Crippen LogP contribution in [-0.2, 0) is 0 Å². The molecule has 1 unspecified atom stereocenters. The lowest BCUT2D eigenvalue weighted by Crippen LogP contribution is -2.28. The molecule has 0 aromatic heterocycles. The Morgan fingerprint density at radius 3 is 2.72 bits per heavy atom. The van der Waals surface area contributed by atoms with E-state index >= 15 is 0 Å². The minimum absolute atomic E-state index is 0.0797. The molecule has 0 radical (unpaired) electrons. The molecule has 0 aliphatic heterocycles. The normalized spacial score (nSPS) is 16.7. The van der Waals surface area contributed by atoms with Crippen molar-refractivity contribution in [1.82, 2.24) is 0 Å². The summed E-state index contributed by atoms with van der Waals surface area (Å²) in [6.45, 7) is 6.61. The molecule has 18 heavy (non-hydrogen) atoms. The van der Waals surface area contributed by atoms with Crippen LogP contribution in [0.15, 0.2) is 22.7 Å². The minimum Gasteiger partial charge on any atom is -0.371 e. The lowest BCUT2D eigenvalue weighted by Gasteiger charge is -2.28. The first kappa shape index (κ1) is 13.9. The van der Waals surface area contributed by atoms with E-state index < -0.39 is 0 Å². The monoisotopic (exact) mass is 310 g/mol. The third-order valence-corrected chi connectivity index (χ3v) is 3.98. The number of hydrogen-bond donors (Lipinski definition) is 1. The predicted octanol–water partition coefficient (Wildman–Crippen LogP) is 4.10. The molecule has 1 fully saturated rings. The van der Waals surface area contributed by atoms with Crippen LogP contribution >= 0.6 is 15.9 Å². The molecule has 1 aliphatic rings. The van der Waals surface area contributed by atoms with E-state index in [0.29, 0.717) is 0 Å². The van der Waals surface area contributed by atoms with Crippen molar-refractivity contribution in [3.8, 4) is 0 Å². The molecule has 2 nitrogen and oxygen atoms in total. The Balaban J connectivity index is 2.26. The van der Waals surface area contributed by atoms with Crippen molar-refractivity contribution in [2.45, 2.75) is 39.2 Å². The van der Waals surface area contributed by atoms with Crippen LogP contribution < -0.4 is 10.6 Å². The van der Waals surface area contributed by atoms with Crippen molar-refractivity contribution in [3.05, 3.63) is 28.2 Å². The zero-order chi connectivity index (χ0) is 13.1. The maximum Gasteiger partial charge on any atom is 0.0415 e. The van der Waals surface area contributed by atoms with Gasteiger partial charge in [-0.15, -0.1) is 0 Å². The lowest BCUT2D eigenvalue weighted by molar-refractivity contribution is 0.696. The summed E-state index contributed by atoms with van der Waals surface area (Å²) in [6.07, 6.45) is 3.97. The average molecular weight is 311 g/mol. The van der Waals surface area contributed by atoms with Gasteiger partial charge in [0.25, 0.3) is 0 Å². The predicted molar refractivity (Wildman–Crippen MR) is 82.0 cm³/mol. The van der Waals surface area contributed by atoms with Gasteiger partial charge >= 0.3 is 0 Å². The molecule has 2 N–H and O–H groups in total. The summed E-state index contributed by atoms with van der Waals surface area (Å²) in [4.78, 5) is 2.52. The Kier molecular flexibility index (Phi) is 4.68. The van der Waals surface area contributed by atoms with Crippen molar-refractivity contribution in [2.75, 3.05) is 18.0 Å². The van der Waals surface area contributed by atoms with Crippen LogP contribution in [0.2, 0.25) is 0 Å². The molecular weight excluding hydrogens is 288 g/mol. The number of nitrogens with two attached hydrogens (primary N) is 1. The van der Waals surface area contributed by atoms with Gasteiger partial charge < -0.3 is 10.6 Å². The molecular formula is C15H23BrN2. The maximum absolute atomic E-state index is 6.12. The van der Waals surface area contributed by atoms with Gasteiger partial charge in [0.2, 0.25) is 0 Å². The van der Waals surface area contributed by atoms with E-state index in [1.165, 1.54) is 37.1 Å². The van der Waals surface area contributed by atoms with Crippen LogP contribution in [0.4, 0.5) is 5.69 Å². The molecule has 1 saturated carbocycles. The van der Waals surface area contributed by atoms with Gasteiger partial charge in [-0.1, -0.05) is 22.9 Å². The summed E-state index contributed by atoms with van der Waals surface area (Å²) in [5.74, 6) is 0.904. The van der Waals surface area contributed by atoms with Crippen molar-refractivity contribution in [3.63, 3.8) is 0 Å². The van der Waals surface area contributed by atoms with Gasteiger partial charge in [-0.25, -0.2) is 0 Å². The van der Waals surface area contributed by atoms with E-state index in [1.54, 1.807) is 0 Å². The van der Waals surface area contributed by atoms with E-state index in [9.17, 15) is 0 Å². The zero-order valence-corrected chi connectivity index (χ0v) is 12.9. The lowest BCUT2D eigenvalue weighted by atomic mass is 10.1. The van der Waals surface area contributed by atoms with Gasteiger partial charge in [-0.2, -0.15) is 0 Å². The number of nitrogens with zero attached hydrogens (tertiary/aromatic N) is 1. The van der Waals surface area contributed by atoms with E-state index in [4.69, 9.17) is 5.73 Å². The first-order valence-corrected chi connectivity index (χ1v) is 7.71. The fourth-order valence-electron chi connectivity index (χ4n) is 2.37. The number of anilines is 1. The Morgan fingerprint density at radius 1 is 1.44 bits per heavy atom. The summed E-state index contributed by atoms with van der Waals surface area (Å²) in [5.41, 5.74) is 8.69. The SMILES string of the molecule is CCCN(CC1CC1)c1ccc(Br)cc1C(C)N. The molecule has 2 rings (SSSR count). The number of halogens is 1. The highest BCUT2D eigenvalue weighted by Gasteiger charge is 2.25. The second-order valence-electron chi connectivity index (χ2n) is 5.38. The number of hydrogen-bond acceptors (Lipinski definition) is 2. The second kappa shape index (κ2) is 6.07. The molecule has 0 saturated heterocycles. The van der Waals surface area contributed by atoms with Crippen LogP contribution in [0.5, 0.6) is 0 Å². The summed E-state index contributed by atoms with van der Waals surface area (Å²) in [6, 6.07) is 6.57. The molecule has 1 aliphatic carbocycles. The standard InChI is InChI=1S/C15H23BrN2/c1-3-8-18(10-12-4-5-12)15-7-6-13(16)9-14(15)11(2)17/h6-7,9,11-12H,3-5,8,10,17H2,1-2H3. The van der Waals surface area contributed by atoms with Crippen molar-refractivity contribution < 1.29 is 0 Å². The van der Waals surface area contributed by atoms with Gasteiger partial charge in [-0.3, -0.25) is 0 Å². The zero-order valence-electron chi connectivity index (χ0n) is 11.3. The summed E-state index contributed by atoms with van der Waals surface area (Å²) in [7, 11) is 0. The highest BCUT2D eigenvalue weighted by Crippen LogP contribution is 2.34. The molecule has 100 valence electrons. The number of benzene rings is 1. The largest absolute Gasteiger partial charge is 0.371 e. The van der Waals surface area contributed by atoms with Gasteiger partial charge in [0.05, 0.1) is 0 Å². The number of rotatable bonds is 6. The summed E-state index contributed by atoms with van der Waals surface area (Å²) in [5, 5.41) is 0. The first-order chi connectivity index (χ1) is 8.61. The highest BCUT2D eigenvalue weighted by atomic mass is 79.9. The molecule has 1 aromatic rings. The molecule has 3 heteroatoms. The highest BCUT2D eigenvalue weighted by molar-refractivity contribution is 9.10. The quantitative estimate of drug-likeness (QED) is 0.857. The molecule has 0 bridgehead atoms. The van der Waals surface area contributed by atoms with Crippen molar-refractivity contribution in [2.24, 2.45) is 11.7 Å². The molecule has 0 amide bonds. The molecule has 0 heterocycles. The van der Waals surface area contributed by atoms with E-state index in [-0.39, 0.29) is 6.04 Å². The van der Waals surface area contributed by atoms with Crippen LogP contribution in [0.1, 0.15) is 44.7 Å². The smallest absolute Gasteiger partial charge is 0.0415 e. The topological polar surface area (TPSA) is 29.3 Å². The van der Waals surface area contributed by atoms with Gasteiger partial charge in [-0.05, 0) is 55.9 Å². The Hall–Kier alpha value is -0.540. The third kappa shape index (κ3) is 3.48. The third-order valence-electron chi connectivity index (χ3n) is 3.49. The Labute approximate surface area is 119 Å². The van der Waals surface area contributed by atoms with E-state index in [2.05, 4.69) is 52.9 Å². The van der Waals surface area contributed by atoms with Crippen molar-refractivity contribution in [1.29, 1.82) is 0 Å². The maximum atomic E-state index is 6.12. The Bertz CT molecular complexity index is 399. The second-order valence-corrected chi connectivity index (χ2v) is 6.30. The minimum atomic E-state index is 0.0797. The van der Waals surface area contributed by atoms with Gasteiger partial charge in [0, 0.05) is 29.3 Å². The van der Waals surface area contributed by atoms with E-state index in [1.807, 2.05) is 0 Å². The Morgan fingerprint density at radius 2 is 2.17 bits per heavy atom. The molecule has 1 atom stereocenters. The summed E-state index contributed by atoms with van der Waals surface area (Å²) >= 11 is 3.54. The van der Waals surface area contributed by atoms with Crippen molar-refractivity contribution >= 4 is 21.6 Å². The fourth-order valence-corrected chi connectivity index (χ4v) is 2.75. The first-order valence-electron chi connectivity index (χ1n) is 6.91. The molecule has 1 aromatic carbocycles. The van der Waals surface area contributed by atoms with Crippen LogP contribution in [0.3, 0.4) is 0 Å². The molecule has 0 spiro atoms. The van der Waals surface area contributed by atoms with E-state index in [0.717, 1.165) is 16.9 Å². The summed E-state index contributed by atoms with van der Waals surface area (Å²) < 4.78 is 1.11. The van der Waals surface area contributed by atoms with Crippen LogP contribution in [-0.4, -0.2) is 13.1 Å². The van der Waals surface area contributed by atoms with Gasteiger partial charge in [0.1, 0.15) is 0 Å². The van der Waals surface area contributed by atoms with Crippen LogP contribution in [0.25, 0.3) is 0 Å².